The van der Waals surface area contributed by atoms with Crippen molar-refractivity contribution >= 4 is 28.0 Å². The van der Waals surface area contributed by atoms with Crippen molar-refractivity contribution in [2.45, 2.75) is 25.6 Å². The summed E-state index contributed by atoms with van der Waals surface area (Å²) in [6.07, 6.45) is -0.400. The third-order valence-electron chi connectivity index (χ3n) is 4.57. The molecule has 0 saturated carbocycles. The fourth-order valence-electron chi connectivity index (χ4n) is 3.19. The van der Waals surface area contributed by atoms with Gasteiger partial charge in [-0.15, -0.1) is 0 Å². The Labute approximate surface area is 174 Å². The Morgan fingerprint density at radius 1 is 1.17 bits per heavy atom. The number of likely N-dealkylation sites (N-methyl/N-ethyl adjacent to an activating group) is 1. The van der Waals surface area contributed by atoms with Gasteiger partial charge in [0.25, 0.3) is 0 Å². The predicted molar refractivity (Wildman–Crippen MR) is 110 cm³/mol. The van der Waals surface area contributed by atoms with E-state index in [1.54, 1.807) is 6.07 Å². The molecule has 1 atom stereocenters. The van der Waals surface area contributed by atoms with Crippen LogP contribution in [0.3, 0.4) is 0 Å². The van der Waals surface area contributed by atoms with Crippen LogP contribution in [-0.2, 0) is 39.4 Å². The quantitative estimate of drug-likeness (QED) is 0.520. The fourth-order valence-corrected chi connectivity index (χ4v) is 3.62. The van der Waals surface area contributed by atoms with E-state index in [0.717, 1.165) is 11.1 Å². The Hall–Kier alpha value is -3.15. The number of nitrogens with one attached hydrogen (secondary N) is 2. The van der Waals surface area contributed by atoms with Gasteiger partial charge in [0, 0.05) is 13.5 Å². The number of hydrogen-bond acceptors (Lipinski definition) is 6. The number of rotatable bonds is 5. The SMILES string of the molecule is CNC(=O)[C@@H]1Cc2ccc(NS(=O)(=O)O)cc2CN1C(=O)OCc1ccccc1.N. The lowest BCUT2D eigenvalue weighted by atomic mass is 9.93. The van der Waals surface area contributed by atoms with Crippen LogP contribution in [0.5, 0.6) is 0 Å². The molecule has 0 radical (unpaired) electrons. The van der Waals surface area contributed by atoms with Gasteiger partial charge in [0.15, 0.2) is 0 Å². The minimum absolute atomic E-state index is 0. The zero-order chi connectivity index (χ0) is 21.0. The van der Waals surface area contributed by atoms with Crippen LogP contribution in [-0.4, -0.2) is 43.0 Å². The number of anilines is 1. The first kappa shape index (κ1) is 23.1. The molecule has 1 aliphatic heterocycles. The van der Waals surface area contributed by atoms with Crippen molar-refractivity contribution in [2.75, 3.05) is 11.8 Å². The third-order valence-corrected chi connectivity index (χ3v) is 5.07. The molecule has 0 bridgehead atoms. The number of ether oxygens (including phenoxy) is 1. The summed E-state index contributed by atoms with van der Waals surface area (Å²) in [5.74, 6) is -0.326. The van der Waals surface area contributed by atoms with E-state index in [1.165, 1.54) is 24.1 Å². The first-order valence-corrected chi connectivity index (χ1v) is 10.3. The monoisotopic (exact) mass is 436 g/mol. The Morgan fingerprint density at radius 2 is 1.87 bits per heavy atom. The van der Waals surface area contributed by atoms with E-state index in [-0.39, 0.29) is 37.3 Å². The minimum Gasteiger partial charge on any atom is -0.445 e. The molecule has 162 valence electrons. The Bertz CT molecular complexity index is 1010. The van der Waals surface area contributed by atoms with Crippen LogP contribution in [0.1, 0.15) is 16.7 Å². The Balaban J connectivity index is 0.00000320. The van der Waals surface area contributed by atoms with Crippen LogP contribution in [0.25, 0.3) is 0 Å². The van der Waals surface area contributed by atoms with Gasteiger partial charge in [-0.05, 0) is 28.8 Å². The Kier molecular flexibility index (Phi) is 7.38. The molecule has 0 unspecified atom stereocenters. The van der Waals surface area contributed by atoms with Crippen LogP contribution in [0.2, 0.25) is 0 Å². The molecule has 2 aromatic carbocycles. The van der Waals surface area contributed by atoms with Gasteiger partial charge in [0.2, 0.25) is 5.91 Å². The van der Waals surface area contributed by atoms with Crippen molar-refractivity contribution in [1.29, 1.82) is 0 Å². The lowest BCUT2D eigenvalue weighted by molar-refractivity contribution is -0.126. The summed E-state index contributed by atoms with van der Waals surface area (Å²) in [6, 6.07) is 13.1. The normalized spacial score (nSPS) is 15.4. The van der Waals surface area contributed by atoms with Crippen LogP contribution in [0.4, 0.5) is 10.5 Å². The van der Waals surface area contributed by atoms with Gasteiger partial charge < -0.3 is 16.2 Å². The largest absolute Gasteiger partial charge is 0.445 e. The van der Waals surface area contributed by atoms with E-state index in [2.05, 4.69) is 5.32 Å². The first-order chi connectivity index (χ1) is 13.8. The third kappa shape index (κ3) is 5.69. The van der Waals surface area contributed by atoms with Crippen molar-refractivity contribution < 1.29 is 27.3 Å². The number of amides is 2. The second-order valence-corrected chi connectivity index (χ2v) is 7.72. The zero-order valence-corrected chi connectivity index (χ0v) is 17.2. The molecule has 3 rings (SSSR count). The second kappa shape index (κ2) is 9.57. The number of carbonyl (C=O) groups is 2. The molecule has 1 heterocycles. The summed E-state index contributed by atoms with van der Waals surface area (Å²) in [7, 11) is -2.93. The maximum Gasteiger partial charge on any atom is 0.411 e. The molecule has 0 fully saturated rings. The number of benzene rings is 2. The number of carbonyl (C=O) groups excluding carboxylic acids is 2. The molecule has 10 nitrogen and oxygen atoms in total. The van der Waals surface area contributed by atoms with Gasteiger partial charge in [0.05, 0.1) is 12.2 Å². The second-order valence-electron chi connectivity index (χ2n) is 6.56. The van der Waals surface area contributed by atoms with Crippen LogP contribution in [0, 0.1) is 0 Å². The maximum atomic E-state index is 12.7. The molecule has 2 amide bonds. The van der Waals surface area contributed by atoms with Crippen molar-refractivity contribution in [1.82, 2.24) is 16.4 Å². The van der Waals surface area contributed by atoms with Gasteiger partial charge in [-0.25, -0.2) is 4.79 Å². The zero-order valence-electron chi connectivity index (χ0n) is 16.4. The lowest BCUT2D eigenvalue weighted by Crippen LogP contribution is -2.52. The van der Waals surface area contributed by atoms with Crippen molar-refractivity contribution in [3.8, 4) is 0 Å². The summed E-state index contributed by atoms with van der Waals surface area (Å²) in [5, 5.41) is 2.55. The lowest BCUT2D eigenvalue weighted by Gasteiger charge is -2.35. The van der Waals surface area contributed by atoms with Gasteiger partial charge in [-0.3, -0.25) is 19.0 Å². The van der Waals surface area contributed by atoms with Gasteiger partial charge in [-0.2, -0.15) is 8.42 Å². The first-order valence-electron chi connectivity index (χ1n) is 8.83. The number of hydrogen-bond donors (Lipinski definition) is 4. The molecule has 0 saturated heterocycles. The number of nitrogens with zero attached hydrogens (tertiary/aromatic N) is 1. The van der Waals surface area contributed by atoms with E-state index in [1.807, 2.05) is 35.1 Å². The standard InChI is InChI=1S/C19H21N3O6S.H3N/c1-20-18(23)17-10-14-7-8-16(21-29(25,26)27)9-15(14)11-22(17)19(24)28-12-13-5-3-2-4-6-13;/h2-9,17,21H,10-12H2,1H3,(H,20,23)(H,25,26,27);1H3/t17-;/m0./s1. The highest BCUT2D eigenvalue weighted by Gasteiger charge is 2.35. The van der Waals surface area contributed by atoms with E-state index < -0.39 is 22.4 Å². The molecule has 11 heteroatoms. The van der Waals surface area contributed by atoms with E-state index in [4.69, 9.17) is 9.29 Å². The summed E-state index contributed by atoms with van der Waals surface area (Å²) in [6.45, 7) is 0.121. The molecule has 0 spiro atoms. The van der Waals surface area contributed by atoms with Gasteiger partial charge >= 0.3 is 16.4 Å². The van der Waals surface area contributed by atoms with Crippen LogP contribution < -0.4 is 16.2 Å². The predicted octanol–water partition coefficient (Wildman–Crippen LogP) is 1.87. The summed E-state index contributed by atoms with van der Waals surface area (Å²) in [5.41, 5.74) is 2.42. The minimum atomic E-state index is -4.42. The maximum absolute atomic E-state index is 12.7. The van der Waals surface area contributed by atoms with E-state index >= 15 is 0 Å². The van der Waals surface area contributed by atoms with Crippen molar-refractivity contribution in [3.05, 3.63) is 65.2 Å². The van der Waals surface area contributed by atoms with Gasteiger partial charge in [0.1, 0.15) is 12.6 Å². The van der Waals surface area contributed by atoms with Crippen LogP contribution >= 0.6 is 0 Å². The highest BCUT2D eigenvalue weighted by molar-refractivity contribution is 7.87. The summed E-state index contributed by atoms with van der Waals surface area (Å²) >= 11 is 0. The van der Waals surface area contributed by atoms with E-state index in [9.17, 15) is 18.0 Å². The average molecular weight is 436 g/mol. The molecule has 2 aromatic rings. The Morgan fingerprint density at radius 3 is 2.50 bits per heavy atom. The number of fused-ring (bicyclic) bond motifs is 1. The molecule has 6 N–H and O–H groups in total. The van der Waals surface area contributed by atoms with Crippen molar-refractivity contribution in [3.63, 3.8) is 0 Å². The molecular formula is C19H24N4O6S. The topological polar surface area (TPSA) is 160 Å². The smallest absolute Gasteiger partial charge is 0.411 e. The molecular weight excluding hydrogens is 412 g/mol. The molecule has 30 heavy (non-hydrogen) atoms. The average Bonchev–Trinajstić information content (AvgIpc) is 2.70. The molecule has 1 aliphatic rings. The summed E-state index contributed by atoms with van der Waals surface area (Å²) < 4.78 is 38.4. The summed E-state index contributed by atoms with van der Waals surface area (Å²) in [4.78, 5) is 26.3. The van der Waals surface area contributed by atoms with Crippen LogP contribution in [0.15, 0.2) is 48.5 Å². The molecule has 0 aromatic heterocycles. The fraction of sp³-hybridized carbons (Fsp3) is 0.263. The van der Waals surface area contributed by atoms with E-state index in [0.29, 0.717) is 5.56 Å². The van der Waals surface area contributed by atoms with Gasteiger partial charge in [-0.1, -0.05) is 36.4 Å². The highest BCUT2D eigenvalue weighted by atomic mass is 32.2. The molecule has 0 aliphatic carbocycles. The van der Waals surface area contributed by atoms with Crippen molar-refractivity contribution in [2.24, 2.45) is 0 Å². The highest BCUT2D eigenvalue weighted by Crippen LogP contribution is 2.27.